The molecule has 2 atom stereocenters. The summed E-state index contributed by atoms with van der Waals surface area (Å²) < 4.78 is 10.3. The number of phenols is 1. The molecule has 0 saturated carbocycles. The van der Waals surface area contributed by atoms with Gasteiger partial charge in [0.15, 0.2) is 11.5 Å². The van der Waals surface area contributed by atoms with Crippen molar-refractivity contribution in [1.82, 2.24) is 0 Å². The molecule has 2 N–H and O–H groups in total. The average molecular weight is 210 g/mol. The van der Waals surface area contributed by atoms with Crippen molar-refractivity contribution in [2.75, 3.05) is 7.11 Å². The molecular formula is C11H14O4. The van der Waals surface area contributed by atoms with Gasteiger partial charge in [0.05, 0.1) is 19.8 Å². The maximum absolute atomic E-state index is 9.84. The van der Waals surface area contributed by atoms with Crippen molar-refractivity contribution in [3.63, 3.8) is 0 Å². The van der Waals surface area contributed by atoms with Crippen LogP contribution in [-0.2, 0) is 11.3 Å². The molecule has 4 nitrogen and oxygen atoms in total. The van der Waals surface area contributed by atoms with Crippen LogP contribution in [0.2, 0.25) is 0 Å². The predicted octanol–water partition coefficient (Wildman–Crippen LogP) is 1.35. The van der Waals surface area contributed by atoms with E-state index in [1.807, 2.05) is 0 Å². The zero-order valence-corrected chi connectivity index (χ0v) is 8.73. The topological polar surface area (TPSA) is 58.9 Å². The standard InChI is InChI=1S/C11H14O4/c1-6-10(12)7-3-4-9(14-2)11(13)8(7)5-15-6/h3-4,6,10,12-13H,5H2,1-2H3. The van der Waals surface area contributed by atoms with E-state index in [2.05, 4.69) is 0 Å². The fourth-order valence-electron chi connectivity index (χ4n) is 1.78. The van der Waals surface area contributed by atoms with E-state index in [1.165, 1.54) is 7.11 Å². The van der Waals surface area contributed by atoms with Crippen LogP contribution in [0.4, 0.5) is 0 Å². The molecule has 15 heavy (non-hydrogen) atoms. The summed E-state index contributed by atoms with van der Waals surface area (Å²) in [5, 5.41) is 19.7. The minimum atomic E-state index is -0.689. The molecular weight excluding hydrogens is 196 g/mol. The van der Waals surface area contributed by atoms with Gasteiger partial charge in [-0.15, -0.1) is 0 Å². The fourth-order valence-corrected chi connectivity index (χ4v) is 1.78. The lowest BCUT2D eigenvalue weighted by atomic mass is 9.96. The first kappa shape index (κ1) is 10.3. The van der Waals surface area contributed by atoms with Crippen LogP contribution in [0.1, 0.15) is 24.2 Å². The number of benzene rings is 1. The van der Waals surface area contributed by atoms with Crippen LogP contribution in [0, 0.1) is 0 Å². The number of aliphatic hydroxyl groups is 1. The molecule has 2 unspecified atom stereocenters. The van der Waals surface area contributed by atoms with Crippen molar-refractivity contribution in [3.8, 4) is 11.5 Å². The van der Waals surface area contributed by atoms with Crippen LogP contribution < -0.4 is 4.74 Å². The van der Waals surface area contributed by atoms with Crippen molar-refractivity contribution in [2.45, 2.75) is 25.7 Å². The van der Waals surface area contributed by atoms with E-state index < -0.39 is 6.10 Å². The molecule has 1 aromatic rings. The summed E-state index contributed by atoms with van der Waals surface area (Å²) in [6.45, 7) is 2.10. The Morgan fingerprint density at radius 2 is 2.20 bits per heavy atom. The number of fused-ring (bicyclic) bond motifs is 1. The lowest BCUT2D eigenvalue weighted by molar-refractivity contribution is -0.0533. The number of hydrogen-bond acceptors (Lipinski definition) is 4. The van der Waals surface area contributed by atoms with Gasteiger partial charge >= 0.3 is 0 Å². The highest BCUT2D eigenvalue weighted by Gasteiger charge is 2.28. The van der Waals surface area contributed by atoms with E-state index >= 15 is 0 Å². The second-order valence-electron chi connectivity index (χ2n) is 3.65. The zero-order valence-electron chi connectivity index (χ0n) is 8.73. The monoisotopic (exact) mass is 210 g/mol. The van der Waals surface area contributed by atoms with Gasteiger partial charge in [0.2, 0.25) is 0 Å². The van der Waals surface area contributed by atoms with Gasteiger partial charge in [0.25, 0.3) is 0 Å². The smallest absolute Gasteiger partial charge is 0.163 e. The molecule has 1 aliphatic rings. The molecule has 0 aliphatic carbocycles. The first-order chi connectivity index (χ1) is 7.15. The maximum Gasteiger partial charge on any atom is 0.163 e. The van der Waals surface area contributed by atoms with Gasteiger partial charge in [-0.25, -0.2) is 0 Å². The Bertz CT molecular complexity index is 375. The van der Waals surface area contributed by atoms with Gasteiger partial charge in [-0.1, -0.05) is 6.07 Å². The molecule has 0 amide bonds. The van der Waals surface area contributed by atoms with E-state index in [4.69, 9.17) is 9.47 Å². The third-order valence-corrected chi connectivity index (χ3v) is 2.76. The summed E-state index contributed by atoms with van der Waals surface area (Å²) in [5.41, 5.74) is 1.33. The Morgan fingerprint density at radius 1 is 1.47 bits per heavy atom. The molecule has 0 bridgehead atoms. The largest absolute Gasteiger partial charge is 0.504 e. The Morgan fingerprint density at radius 3 is 2.87 bits per heavy atom. The molecule has 0 spiro atoms. The van der Waals surface area contributed by atoms with E-state index in [9.17, 15) is 10.2 Å². The number of aromatic hydroxyl groups is 1. The van der Waals surface area contributed by atoms with Crippen molar-refractivity contribution in [2.24, 2.45) is 0 Å². The van der Waals surface area contributed by atoms with Crippen molar-refractivity contribution in [1.29, 1.82) is 0 Å². The molecule has 1 aromatic carbocycles. The summed E-state index contributed by atoms with van der Waals surface area (Å²) in [4.78, 5) is 0. The van der Waals surface area contributed by atoms with E-state index in [0.29, 0.717) is 23.5 Å². The van der Waals surface area contributed by atoms with Crippen molar-refractivity contribution in [3.05, 3.63) is 23.3 Å². The highest BCUT2D eigenvalue weighted by Crippen LogP contribution is 2.39. The summed E-state index contributed by atoms with van der Waals surface area (Å²) in [7, 11) is 1.49. The Hall–Kier alpha value is -1.26. The average Bonchev–Trinajstić information content (AvgIpc) is 2.24. The Labute approximate surface area is 88.1 Å². The van der Waals surface area contributed by atoms with Crippen LogP contribution in [0.15, 0.2) is 12.1 Å². The van der Waals surface area contributed by atoms with Gasteiger partial charge in [0, 0.05) is 5.56 Å². The number of hydrogen-bond donors (Lipinski definition) is 2. The highest BCUT2D eigenvalue weighted by molar-refractivity contribution is 5.51. The summed E-state index contributed by atoms with van der Waals surface area (Å²) in [5.74, 6) is 0.458. The van der Waals surface area contributed by atoms with Crippen LogP contribution in [0.5, 0.6) is 11.5 Å². The first-order valence-electron chi connectivity index (χ1n) is 4.83. The quantitative estimate of drug-likeness (QED) is 0.734. The molecule has 2 rings (SSSR count). The normalized spacial score (nSPS) is 24.7. The maximum atomic E-state index is 9.84. The van der Waals surface area contributed by atoms with Gasteiger partial charge in [-0.2, -0.15) is 0 Å². The van der Waals surface area contributed by atoms with Crippen LogP contribution in [-0.4, -0.2) is 23.4 Å². The molecule has 1 aliphatic heterocycles. The molecule has 0 aromatic heterocycles. The summed E-state index contributed by atoms with van der Waals surface area (Å²) >= 11 is 0. The molecule has 82 valence electrons. The molecule has 0 radical (unpaired) electrons. The first-order valence-corrected chi connectivity index (χ1v) is 4.83. The predicted molar refractivity (Wildman–Crippen MR) is 53.9 cm³/mol. The van der Waals surface area contributed by atoms with Gasteiger partial charge in [-0.3, -0.25) is 0 Å². The molecule has 1 heterocycles. The summed E-state index contributed by atoms with van der Waals surface area (Å²) in [6.07, 6.45) is -0.934. The lowest BCUT2D eigenvalue weighted by Crippen LogP contribution is -2.25. The number of rotatable bonds is 1. The zero-order chi connectivity index (χ0) is 11.0. The molecule has 0 fully saturated rings. The highest BCUT2D eigenvalue weighted by atomic mass is 16.5. The van der Waals surface area contributed by atoms with Crippen molar-refractivity contribution >= 4 is 0 Å². The number of ether oxygens (including phenoxy) is 2. The second kappa shape index (κ2) is 3.72. The minimum Gasteiger partial charge on any atom is -0.504 e. The van der Waals surface area contributed by atoms with Gasteiger partial charge in [0.1, 0.15) is 6.10 Å². The fraction of sp³-hybridized carbons (Fsp3) is 0.455. The Balaban J connectivity index is 2.50. The summed E-state index contributed by atoms with van der Waals surface area (Å²) in [6, 6.07) is 3.41. The van der Waals surface area contributed by atoms with Crippen LogP contribution in [0.3, 0.4) is 0 Å². The molecule has 4 heteroatoms. The minimum absolute atomic E-state index is 0.0564. The lowest BCUT2D eigenvalue weighted by Gasteiger charge is -2.28. The number of phenolic OH excluding ortho intramolecular Hbond substituents is 1. The molecule has 0 saturated heterocycles. The van der Waals surface area contributed by atoms with Crippen LogP contribution >= 0.6 is 0 Å². The van der Waals surface area contributed by atoms with E-state index in [0.717, 1.165) is 0 Å². The SMILES string of the molecule is COc1ccc2c(c1O)COC(C)C2O. The van der Waals surface area contributed by atoms with Crippen molar-refractivity contribution < 1.29 is 19.7 Å². The number of methoxy groups -OCH3 is 1. The second-order valence-corrected chi connectivity index (χ2v) is 3.65. The Kier molecular flexibility index (Phi) is 2.54. The van der Waals surface area contributed by atoms with Gasteiger partial charge < -0.3 is 19.7 Å². The van der Waals surface area contributed by atoms with Gasteiger partial charge in [-0.05, 0) is 18.6 Å². The number of aliphatic hydroxyl groups excluding tert-OH is 1. The third kappa shape index (κ3) is 1.56. The van der Waals surface area contributed by atoms with E-state index in [1.54, 1.807) is 19.1 Å². The van der Waals surface area contributed by atoms with E-state index in [-0.39, 0.29) is 11.9 Å². The third-order valence-electron chi connectivity index (χ3n) is 2.76. The van der Waals surface area contributed by atoms with Crippen LogP contribution in [0.25, 0.3) is 0 Å².